The Morgan fingerprint density at radius 2 is 1.85 bits per heavy atom. The number of benzene rings is 2. The van der Waals surface area contributed by atoms with Crippen molar-refractivity contribution in [3.05, 3.63) is 65.2 Å². The average Bonchev–Trinajstić information content (AvgIpc) is 2.46. The first-order valence-electron chi connectivity index (χ1n) is 6.47. The van der Waals surface area contributed by atoms with Gasteiger partial charge in [0.15, 0.2) is 0 Å². The van der Waals surface area contributed by atoms with Gasteiger partial charge in [-0.1, -0.05) is 24.3 Å². The molecule has 0 unspecified atom stereocenters. The molecule has 0 aliphatic carbocycles. The van der Waals surface area contributed by atoms with Gasteiger partial charge in [-0.25, -0.2) is 8.78 Å². The van der Waals surface area contributed by atoms with Gasteiger partial charge in [0.2, 0.25) is 0 Å². The van der Waals surface area contributed by atoms with Crippen molar-refractivity contribution in [2.45, 2.75) is 13.0 Å². The van der Waals surface area contributed by atoms with Crippen LogP contribution in [0.2, 0.25) is 0 Å². The van der Waals surface area contributed by atoms with Gasteiger partial charge in [0, 0.05) is 18.2 Å². The normalized spacial score (nSPS) is 10.6. The second-order valence-electron chi connectivity index (χ2n) is 4.47. The fraction of sp³-hybridized carbons (Fsp3) is 0.250. The topological polar surface area (TPSA) is 21.3 Å². The summed E-state index contributed by atoms with van der Waals surface area (Å²) in [4.78, 5) is 0. The van der Waals surface area contributed by atoms with Gasteiger partial charge in [0.25, 0.3) is 0 Å². The van der Waals surface area contributed by atoms with Crippen molar-refractivity contribution in [1.29, 1.82) is 0 Å². The number of para-hydroxylation sites is 1. The zero-order chi connectivity index (χ0) is 14.4. The highest BCUT2D eigenvalue weighted by Gasteiger charge is 2.04. The third-order valence-corrected chi connectivity index (χ3v) is 3.09. The molecule has 0 atom stereocenters. The molecule has 0 spiro atoms. The van der Waals surface area contributed by atoms with E-state index in [2.05, 4.69) is 5.32 Å². The number of hydrogen-bond acceptors (Lipinski definition) is 2. The van der Waals surface area contributed by atoms with Gasteiger partial charge in [0.1, 0.15) is 17.4 Å². The summed E-state index contributed by atoms with van der Waals surface area (Å²) in [6, 6.07) is 11.4. The first-order valence-corrected chi connectivity index (χ1v) is 6.47. The molecular formula is C16H17F2NO. The molecule has 0 saturated carbocycles. The first-order chi connectivity index (χ1) is 9.70. The number of rotatable bonds is 6. The lowest BCUT2D eigenvalue weighted by Gasteiger charge is -2.09. The van der Waals surface area contributed by atoms with Crippen molar-refractivity contribution in [2.24, 2.45) is 0 Å². The van der Waals surface area contributed by atoms with Gasteiger partial charge in [-0.05, 0) is 30.7 Å². The minimum Gasteiger partial charge on any atom is -0.496 e. The summed E-state index contributed by atoms with van der Waals surface area (Å²) in [5, 5.41) is 3.14. The molecule has 1 N–H and O–H groups in total. The Hall–Kier alpha value is -1.94. The largest absolute Gasteiger partial charge is 0.496 e. The van der Waals surface area contributed by atoms with Crippen LogP contribution in [-0.4, -0.2) is 13.7 Å². The second-order valence-corrected chi connectivity index (χ2v) is 4.47. The van der Waals surface area contributed by atoms with Crippen LogP contribution in [0.4, 0.5) is 8.78 Å². The molecule has 0 bridgehead atoms. The molecule has 2 rings (SSSR count). The minimum absolute atomic E-state index is 0.376. The molecule has 0 radical (unpaired) electrons. The highest BCUT2D eigenvalue weighted by Crippen LogP contribution is 2.17. The predicted molar refractivity (Wildman–Crippen MR) is 74.8 cm³/mol. The van der Waals surface area contributed by atoms with Crippen LogP contribution >= 0.6 is 0 Å². The van der Waals surface area contributed by atoms with E-state index >= 15 is 0 Å². The van der Waals surface area contributed by atoms with E-state index in [1.165, 1.54) is 12.1 Å². The van der Waals surface area contributed by atoms with Crippen LogP contribution in [-0.2, 0) is 13.0 Å². The summed E-state index contributed by atoms with van der Waals surface area (Å²) in [5.41, 5.74) is 1.56. The van der Waals surface area contributed by atoms with E-state index in [1.807, 2.05) is 24.3 Å². The van der Waals surface area contributed by atoms with Gasteiger partial charge in [-0.3, -0.25) is 0 Å². The van der Waals surface area contributed by atoms with Crippen LogP contribution in [0, 0.1) is 11.6 Å². The highest BCUT2D eigenvalue weighted by atomic mass is 19.1. The number of ether oxygens (including phenoxy) is 1. The Morgan fingerprint density at radius 3 is 2.60 bits per heavy atom. The highest BCUT2D eigenvalue weighted by molar-refractivity contribution is 5.33. The molecule has 0 aliphatic heterocycles. The van der Waals surface area contributed by atoms with Gasteiger partial charge in [0.05, 0.1) is 7.11 Å². The maximum absolute atomic E-state index is 13.4. The molecule has 4 heteroatoms. The summed E-state index contributed by atoms with van der Waals surface area (Å²) in [6.07, 6.45) is 0.785. The Kier molecular flexibility index (Phi) is 5.07. The van der Waals surface area contributed by atoms with Crippen molar-refractivity contribution in [3.8, 4) is 5.75 Å². The van der Waals surface area contributed by atoms with E-state index in [9.17, 15) is 8.78 Å². The summed E-state index contributed by atoms with van der Waals surface area (Å²) in [5.74, 6) is -0.225. The Labute approximate surface area is 117 Å². The standard InChI is InChI=1S/C16H17F2NO/c1-20-16-5-3-2-4-12(16)8-9-19-11-13-6-7-14(17)10-15(13)18/h2-7,10,19H,8-9,11H2,1H3. The fourth-order valence-electron chi connectivity index (χ4n) is 2.02. The van der Waals surface area contributed by atoms with Crippen molar-refractivity contribution >= 4 is 0 Å². The molecule has 0 heterocycles. The Balaban J connectivity index is 1.84. The van der Waals surface area contributed by atoms with Crippen molar-refractivity contribution in [3.63, 3.8) is 0 Å². The number of halogens is 2. The second kappa shape index (κ2) is 7.01. The van der Waals surface area contributed by atoms with E-state index in [0.717, 1.165) is 23.8 Å². The molecule has 2 nitrogen and oxygen atoms in total. The quantitative estimate of drug-likeness (QED) is 0.818. The summed E-state index contributed by atoms with van der Waals surface area (Å²) in [7, 11) is 1.64. The minimum atomic E-state index is -0.555. The average molecular weight is 277 g/mol. The van der Waals surface area contributed by atoms with E-state index in [4.69, 9.17) is 4.74 Å². The van der Waals surface area contributed by atoms with Crippen LogP contribution in [0.3, 0.4) is 0 Å². The molecule has 0 fully saturated rings. The molecule has 0 saturated heterocycles. The van der Waals surface area contributed by atoms with Gasteiger partial charge in [-0.2, -0.15) is 0 Å². The fourth-order valence-corrected chi connectivity index (χ4v) is 2.02. The lowest BCUT2D eigenvalue weighted by Crippen LogP contribution is -2.17. The first kappa shape index (κ1) is 14.5. The third-order valence-electron chi connectivity index (χ3n) is 3.09. The van der Waals surface area contributed by atoms with Gasteiger partial charge in [-0.15, -0.1) is 0 Å². The molecule has 0 aromatic heterocycles. The van der Waals surface area contributed by atoms with E-state index < -0.39 is 11.6 Å². The monoisotopic (exact) mass is 277 g/mol. The van der Waals surface area contributed by atoms with Crippen molar-refractivity contribution < 1.29 is 13.5 Å². The van der Waals surface area contributed by atoms with Crippen LogP contribution in [0.1, 0.15) is 11.1 Å². The number of hydrogen-bond donors (Lipinski definition) is 1. The third kappa shape index (κ3) is 3.78. The predicted octanol–water partition coefficient (Wildman–Crippen LogP) is 3.31. The molecule has 2 aromatic rings. The molecule has 0 aliphatic rings. The van der Waals surface area contributed by atoms with Crippen molar-refractivity contribution in [1.82, 2.24) is 5.32 Å². The zero-order valence-corrected chi connectivity index (χ0v) is 11.3. The van der Waals surface area contributed by atoms with Gasteiger partial charge >= 0.3 is 0 Å². The number of nitrogens with one attached hydrogen (secondary N) is 1. The van der Waals surface area contributed by atoms with Crippen LogP contribution in [0.15, 0.2) is 42.5 Å². The molecule has 2 aromatic carbocycles. The Bertz CT molecular complexity index is 572. The molecule has 0 amide bonds. The summed E-state index contributed by atoms with van der Waals surface area (Å²) < 4.78 is 31.4. The van der Waals surface area contributed by atoms with Crippen LogP contribution in [0.25, 0.3) is 0 Å². The molecule has 106 valence electrons. The van der Waals surface area contributed by atoms with E-state index in [1.54, 1.807) is 7.11 Å². The van der Waals surface area contributed by atoms with E-state index in [0.29, 0.717) is 18.7 Å². The summed E-state index contributed by atoms with van der Waals surface area (Å²) >= 11 is 0. The molecule has 20 heavy (non-hydrogen) atoms. The molecular weight excluding hydrogens is 260 g/mol. The maximum Gasteiger partial charge on any atom is 0.130 e. The number of methoxy groups -OCH3 is 1. The lowest BCUT2D eigenvalue weighted by molar-refractivity contribution is 0.409. The maximum atomic E-state index is 13.4. The Morgan fingerprint density at radius 1 is 1.05 bits per heavy atom. The van der Waals surface area contributed by atoms with Crippen molar-refractivity contribution in [2.75, 3.05) is 13.7 Å². The van der Waals surface area contributed by atoms with Crippen LogP contribution in [0.5, 0.6) is 5.75 Å². The SMILES string of the molecule is COc1ccccc1CCNCc1ccc(F)cc1F. The summed E-state index contributed by atoms with van der Waals surface area (Å²) in [6.45, 7) is 1.07. The lowest BCUT2D eigenvalue weighted by atomic mass is 10.1. The van der Waals surface area contributed by atoms with Gasteiger partial charge < -0.3 is 10.1 Å². The smallest absolute Gasteiger partial charge is 0.130 e. The zero-order valence-electron chi connectivity index (χ0n) is 11.3. The van der Waals surface area contributed by atoms with Crippen LogP contribution < -0.4 is 10.1 Å². The van der Waals surface area contributed by atoms with E-state index in [-0.39, 0.29) is 0 Å².